The van der Waals surface area contributed by atoms with Crippen LogP contribution in [0.15, 0.2) is 0 Å². The first-order chi connectivity index (χ1) is 7.79. The van der Waals surface area contributed by atoms with Gasteiger partial charge >= 0.3 is 5.97 Å². The van der Waals surface area contributed by atoms with Crippen LogP contribution in [0.25, 0.3) is 0 Å². The summed E-state index contributed by atoms with van der Waals surface area (Å²) >= 11 is 0. The fourth-order valence-corrected chi connectivity index (χ4v) is 2.48. The number of rotatable bonds is 2. The zero-order valence-corrected chi connectivity index (χ0v) is 11.7. The molecule has 3 heteroatoms. The lowest BCUT2D eigenvalue weighted by Crippen LogP contribution is -2.33. The summed E-state index contributed by atoms with van der Waals surface area (Å²) in [5, 5.41) is 0. The van der Waals surface area contributed by atoms with Crippen molar-refractivity contribution in [3.8, 4) is 0 Å². The van der Waals surface area contributed by atoms with Crippen LogP contribution in [0, 0.1) is 11.8 Å². The predicted molar refractivity (Wildman–Crippen MR) is 69.6 cm³/mol. The van der Waals surface area contributed by atoms with Crippen LogP contribution in [0.2, 0.25) is 0 Å². The molecular formula is C14H27NO2. The minimum Gasteiger partial charge on any atom is -0.460 e. The van der Waals surface area contributed by atoms with Gasteiger partial charge in [0.15, 0.2) is 0 Å². The maximum absolute atomic E-state index is 12.0. The molecular weight excluding hydrogens is 214 g/mol. The Balaban J connectivity index is 2.55. The molecule has 0 saturated heterocycles. The first-order valence-electron chi connectivity index (χ1n) is 6.78. The van der Waals surface area contributed by atoms with Crippen LogP contribution in [-0.4, -0.2) is 17.6 Å². The summed E-state index contributed by atoms with van der Waals surface area (Å²) in [4.78, 5) is 12.0. The van der Waals surface area contributed by atoms with Crippen molar-refractivity contribution in [3.63, 3.8) is 0 Å². The summed E-state index contributed by atoms with van der Waals surface area (Å²) in [5.74, 6) is 0.289. The van der Waals surface area contributed by atoms with Crippen molar-refractivity contribution in [3.05, 3.63) is 0 Å². The highest BCUT2D eigenvalue weighted by Crippen LogP contribution is 2.30. The third-order valence-electron chi connectivity index (χ3n) is 3.49. The smallest absolute Gasteiger partial charge is 0.309 e. The zero-order chi connectivity index (χ0) is 13.1. The van der Waals surface area contributed by atoms with E-state index in [9.17, 15) is 4.79 Å². The quantitative estimate of drug-likeness (QED) is 0.597. The molecule has 3 unspecified atom stereocenters. The van der Waals surface area contributed by atoms with Gasteiger partial charge in [0.25, 0.3) is 0 Å². The molecule has 1 aliphatic rings. The number of nitrogens with two attached hydrogens (primary N) is 1. The van der Waals surface area contributed by atoms with Crippen molar-refractivity contribution in [1.29, 1.82) is 0 Å². The van der Waals surface area contributed by atoms with Crippen LogP contribution in [0.3, 0.4) is 0 Å². The maximum atomic E-state index is 12.0. The molecule has 0 bridgehead atoms. The van der Waals surface area contributed by atoms with Gasteiger partial charge in [-0.2, -0.15) is 0 Å². The Labute approximate surface area is 105 Å². The van der Waals surface area contributed by atoms with E-state index >= 15 is 0 Å². The molecule has 0 spiro atoms. The van der Waals surface area contributed by atoms with Crippen molar-refractivity contribution in [2.75, 3.05) is 0 Å². The molecule has 3 nitrogen and oxygen atoms in total. The van der Waals surface area contributed by atoms with Crippen LogP contribution in [0.5, 0.6) is 0 Å². The number of carbonyl (C=O) groups is 1. The Hall–Kier alpha value is -0.570. The summed E-state index contributed by atoms with van der Waals surface area (Å²) in [5.41, 5.74) is 5.65. The largest absolute Gasteiger partial charge is 0.460 e. The lowest BCUT2D eigenvalue weighted by molar-refractivity contribution is -0.161. The highest BCUT2D eigenvalue weighted by Gasteiger charge is 2.30. The van der Waals surface area contributed by atoms with Gasteiger partial charge in [0, 0.05) is 6.04 Å². The fraction of sp³-hybridized carbons (Fsp3) is 0.929. The van der Waals surface area contributed by atoms with E-state index in [0.29, 0.717) is 5.92 Å². The Morgan fingerprint density at radius 3 is 2.47 bits per heavy atom. The van der Waals surface area contributed by atoms with E-state index in [4.69, 9.17) is 10.5 Å². The van der Waals surface area contributed by atoms with Crippen LogP contribution in [-0.2, 0) is 9.53 Å². The minimum absolute atomic E-state index is 0.0293. The van der Waals surface area contributed by atoms with Crippen molar-refractivity contribution >= 4 is 5.97 Å². The third kappa shape index (κ3) is 5.07. The molecule has 0 radical (unpaired) electrons. The molecule has 0 heterocycles. The number of carbonyl (C=O) groups excluding carboxylic acids is 1. The molecule has 0 aromatic rings. The lowest BCUT2D eigenvalue weighted by Gasteiger charge is -2.27. The van der Waals surface area contributed by atoms with E-state index in [1.807, 2.05) is 27.7 Å². The molecule has 1 aliphatic carbocycles. The van der Waals surface area contributed by atoms with Crippen LogP contribution < -0.4 is 5.73 Å². The second-order valence-electron chi connectivity index (χ2n) is 6.36. The van der Waals surface area contributed by atoms with Crippen molar-refractivity contribution < 1.29 is 9.53 Å². The normalized spacial score (nSPS) is 28.3. The zero-order valence-electron chi connectivity index (χ0n) is 11.7. The molecule has 3 atom stereocenters. The second-order valence-corrected chi connectivity index (χ2v) is 6.36. The topological polar surface area (TPSA) is 52.3 Å². The van der Waals surface area contributed by atoms with Crippen molar-refractivity contribution in [2.45, 2.75) is 71.4 Å². The highest BCUT2D eigenvalue weighted by molar-refractivity contribution is 5.72. The number of esters is 1. The molecule has 17 heavy (non-hydrogen) atoms. The molecule has 0 aromatic carbocycles. The minimum atomic E-state index is -0.391. The molecule has 1 rings (SSSR count). The fourth-order valence-electron chi connectivity index (χ4n) is 2.48. The lowest BCUT2D eigenvalue weighted by atomic mass is 9.86. The monoisotopic (exact) mass is 241 g/mol. The van der Waals surface area contributed by atoms with E-state index in [2.05, 4.69) is 0 Å². The molecule has 2 N–H and O–H groups in total. The van der Waals surface area contributed by atoms with Crippen molar-refractivity contribution in [2.24, 2.45) is 17.6 Å². The van der Waals surface area contributed by atoms with Gasteiger partial charge in [0.05, 0.1) is 5.92 Å². The van der Waals surface area contributed by atoms with Crippen LogP contribution in [0.4, 0.5) is 0 Å². The maximum Gasteiger partial charge on any atom is 0.309 e. The van der Waals surface area contributed by atoms with E-state index < -0.39 is 5.60 Å². The second kappa shape index (κ2) is 5.85. The first kappa shape index (κ1) is 14.5. The molecule has 100 valence electrons. The molecule has 1 saturated carbocycles. The van der Waals surface area contributed by atoms with Gasteiger partial charge in [-0.3, -0.25) is 4.79 Å². The van der Waals surface area contributed by atoms with Gasteiger partial charge in [-0.25, -0.2) is 0 Å². The van der Waals surface area contributed by atoms with E-state index in [0.717, 1.165) is 19.3 Å². The standard InChI is InChI=1S/C14H27NO2/c1-10(13(16)17-14(2,3)4)11-7-5-6-8-12(15)9-11/h10-12H,5-9,15H2,1-4H3. The number of hydrogen-bond donors (Lipinski definition) is 1. The van der Waals surface area contributed by atoms with Crippen LogP contribution in [0.1, 0.15) is 59.8 Å². The Bertz CT molecular complexity index is 257. The Morgan fingerprint density at radius 2 is 1.88 bits per heavy atom. The molecule has 1 fully saturated rings. The van der Waals surface area contributed by atoms with E-state index in [1.54, 1.807) is 0 Å². The van der Waals surface area contributed by atoms with E-state index in [1.165, 1.54) is 12.8 Å². The summed E-state index contributed by atoms with van der Waals surface area (Å²) in [7, 11) is 0. The third-order valence-corrected chi connectivity index (χ3v) is 3.49. The number of hydrogen-bond acceptors (Lipinski definition) is 3. The van der Waals surface area contributed by atoms with Crippen molar-refractivity contribution in [1.82, 2.24) is 0 Å². The SMILES string of the molecule is CC(C(=O)OC(C)(C)C)C1CCCCC(N)C1. The first-order valence-corrected chi connectivity index (χ1v) is 6.78. The molecule has 0 amide bonds. The average Bonchev–Trinajstić information content (AvgIpc) is 2.39. The summed E-state index contributed by atoms with van der Waals surface area (Å²) in [6.45, 7) is 7.72. The summed E-state index contributed by atoms with van der Waals surface area (Å²) in [6, 6.07) is 0.257. The van der Waals surface area contributed by atoms with Crippen LogP contribution >= 0.6 is 0 Å². The number of ether oxygens (including phenoxy) is 1. The summed E-state index contributed by atoms with van der Waals surface area (Å²) in [6.07, 6.45) is 5.54. The summed E-state index contributed by atoms with van der Waals surface area (Å²) < 4.78 is 5.45. The van der Waals surface area contributed by atoms with Gasteiger partial charge in [0.1, 0.15) is 5.60 Å². The van der Waals surface area contributed by atoms with Gasteiger partial charge in [-0.15, -0.1) is 0 Å². The van der Waals surface area contributed by atoms with Gasteiger partial charge in [-0.05, 0) is 46.0 Å². The molecule has 0 aliphatic heterocycles. The highest BCUT2D eigenvalue weighted by atomic mass is 16.6. The Morgan fingerprint density at radius 1 is 1.29 bits per heavy atom. The van der Waals surface area contributed by atoms with Gasteiger partial charge in [-0.1, -0.05) is 19.8 Å². The van der Waals surface area contributed by atoms with E-state index in [-0.39, 0.29) is 17.9 Å². The van der Waals surface area contributed by atoms with Gasteiger partial charge in [0.2, 0.25) is 0 Å². The molecule has 0 aromatic heterocycles. The average molecular weight is 241 g/mol. The van der Waals surface area contributed by atoms with Gasteiger partial charge < -0.3 is 10.5 Å². The predicted octanol–water partition coefficient (Wildman–Crippen LogP) is 2.87. The Kier molecular flexibility index (Phi) is 4.99.